The average Bonchev–Trinajstić information content (AvgIpc) is 2.66. The maximum absolute atomic E-state index is 2.36. The summed E-state index contributed by atoms with van der Waals surface area (Å²) < 4.78 is 0. The fourth-order valence-corrected chi connectivity index (χ4v) is 2.50. The SMILES string of the molecule is Cc1ccsc1C[NH2+]Cc1ccccc1. The third-order valence-electron chi connectivity index (χ3n) is 2.52. The number of quaternary nitrogens is 1. The Morgan fingerprint density at radius 2 is 1.87 bits per heavy atom. The molecule has 0 amide bonds. The quantitative estimate of drug-likeness (QED) is 0.811. The van der Waals surface area contributed by atoms with Crippen LogP contribution in [0, 0.1) is 6.92 Å². The van der Waals surface area contributed by atoms with E-state index >= 15 is 0 Å². The minimum absolute atomic E-state index is 1.07. The Hall–Kier alpha value is -1.12. The first-order chi connectivity index (χ1) is 7.36. The summed E-state index contributed by atoms with van der Waals surface area (Å²) in [5, 5.41) is 4.52. The van der Waals surface area contributed by atoms with Gasteiger partial charge in [0.2, 0.25) is 0 Å². The van der Waals surface area contributed by atoms with E-state index in [1.54, 1.807) is 0 Å². The van der Waals surface area contributed by atoms with E-state index in [1.807, 2.05) is 11.3 Å². The van der Waals surface area contributed by atoms with Crippen LogP contribution in [0.25, 0.3) is 0 Å². The Labute approximate surface area is 94.8 Å². The number of hydrogen-bond acceptors (Lipinski definition) is 1. The van der Waals surface area contributed by atoms with Crippen molar-refractivity contribution >= 4 is 11.3 Å². The molecule has 0 aliphatic carbocycles. The predicted molar refractivity (Wildman–Crippen MR) is 64.8 cm³/mol. The summed E-state index contributed by atoms with van der Waals surface area (Å²) in [6, 6.07) is 12.8. The zero-order chi connectivity index (χ0) is 10.5. The molecule has 1 nitrogen and oxygen atoms in total. The molecule has 0 aliphatic heterocycles. The van der Waals surface area contributed by atoms with E-state index in [-0.39, 0.29) is 0 Å². The van der Waals surface area contributed by atoms with E-state index in [0.717, 1.165) is 13.1 Å². The molecular formula is C13H16NS+. The maximum Gasteiger partial charge on any atom is 0.111 e. The highest BCUT2D eigenvalue weighted by Crippen LogP contribution is 2.13. The van der Waals surface area contributed by atoms with Crippen molar-refractivity contribution in [1.82, 2.24) is 0 Å². The third kappa shape index (κ3) is 2.91. The van der Waals surface area contributed by atoms with E-state index in [1.165, 1.54) is 16.0 Å². The van der Waals surface area contributed by atoms with Crippen LogP contribution in [0.1, 0.15) is 16.0 Å². The van der Waals surface area contributed by atoms with Crippen LogP contribution in [-0.4, -0.2) is 0 Å². The monoisotopic (exact) mass is 218 g/mol. The van der Waals surface area contributed by atoms with Crippen LogP contribution in [0.2, 0.25) is 0 Å². The number of rotatable bonds is 4. The van der Waals surface area contributed by atoms with E-state index in [9.17, 15) is 0 Å². The molecule has 1 heterocycles. The Balaban J connectivity index is 1.83. The molecule has 2 aromatic rings. The molecule has 0 atom stereocenters. The van der Waals surface area contributed by atoms with Crippen molar-refractivity contribution in [2.24, 2.45) is 0 Å². The van der Waals surface area contributed by atoms with Crippen LogP contribution in [0.3, 0.4) is 0 Å². The lowest BCUT2D eigenvalue weighted by Gasteiger charge is -2.01. The van der Waals surface area contributed by atoms with Gasteiger partial charge in [-0.3, -0.25) is 0 Å². The van der Waals surface area contributed by atoms with Crippen molar-refractivity contribution in [3.05, 3.63) is 57.8 Å². The highest BCUT2D eigenvalue weighted by Gasteiger charge is 2.01. The van der Waals surface area contributed by atoms with Gasteiger partial charge in [-0.25, -0.2) is 0 Å². The van der Waals surface area contributed by atoms with Crippen molar-refractivity contribution < 1.29 is 5.32 Å². The molecule has 0 spiro atoms. The van der Waals surface area contributed by atoms with Crippen molar-refractivity contribution in [2.45, 2.75) is 20.0 Å². The molecule has 1 aromatic carbocycles. The molecule has 2 N–H and O–H groups in total. The summed E-state index contributed by atoms with van der Waals surface area (Å²) in [6.45, 7) is 4.35. The molecule has 2 heteroatoms. The summed E-state index contributed by atoms with van der Waals surface area (Å²) >= 11 is 1.85. The van der Waals surface area contributed by atoms with Crippen molar-refractivity contribution in [1.29, 1.82) is 0 Å². The van der Waals surface area contributed by atoms with Crippen LogP contribution >= 0.6 is 11.3 Å². The zero-order valence-corrected chi connectivity index (χ0v) is 9.76. The van der Waals surface area contributed by atoms with Gasteiger partial charge in [0.1, 0.15) is 13.1 Å². The second kappa shape index (κ2) is 5.10. The maximum atomic E-state index is 2.36. The normalized spacial score (nSPS) is 10.5. The molecule has 0 saturated carbocycles. The smallest absolute Gasteiger partial charge is 0.111 e. The standard InChI is InChI=1S/C13H15NS/c1-11-7-8-15-13(11)10-14-9-12-5-3-2-4-6-12/h2-8,14H,9-10H2,1H3/p+1. The van der Waals surface area contributed by atoms with Crippen LogP contribution < -0.4 is 5.32 Å². The van der Waals surface area contributed by atoms with Gasteiger partial charge in [0.05, 0.1) is 4.88 Å². The fraction of sp³-hybridized carbons (Fsp3) is 0.231. The van der Waals surface area contributed by atoms with Crippen molar-refractivity contribution in [3.8, 4) is 0 Å². The molecule has 0 saturated heterocycles. The Bertz CT molecular complexity index is 405. The molecule has 2 rings (SSSR count). The first kappa shape index (κ1) is 10.4. The second-order valence-corrected chi connectivity index (χ2v) is 4.71. The van der Waals surface area contributed by atoms with Gasteiger partial charge in [-0.05, 0) is 23.9 Å². The zero-order valence-electron chi connectivity index (χ0n) is 8.94. The van der Waals surface area contributed by atoms with Gasteiger partial charge in [-0.2, -0.15) is 0 Å². The highest BCUT2D eigenvalue weighted by molar-refractivity contribution is 7.10. The van der Waals surface area contributed by atoms with Gasteiger partial charge in [-0.15, -0.1) is 11.3 Å². The van der Waals surface area contributed by atoms with Crippen LogP contribution in [0.15, 0.2) is 41.8 Å². The topological polar surface area (TPSA) is 16.6 Å². The van der Waals surface area contributed by atoms with E-state index in [0.29, 0.717) is 0 Å². The summed E-state index contributed by atoms with van der Waals surface area (Å²) in [7, 11) is 0. The van der Waals surface area contributed by atoms with E-state index < -0.39 is 0 Å². The van der Waals surface area contributed by atoms with Crippen LogP contribution in [-0.2, 0) is 13.1 Å². The number of aryl methyl sites for hydroxylation is 1. The molecule has 0 unspecified atom stereocenters. The molecule has 78 valence electrons. The van der Waals surface area contributed by atoms with Crippen molar-refractivity contribution in [2.75, 3.05) is 0 Å². The van der Waals surface area contributed by atoms with Gasteiger partial charge in [0.25, 0.3) is 0 Å². The number of benzene rings is 1. The molecule has 0 fully saturated rings. The minimum Gasteiger partial charge on any atom is -0.338 e. The molecular weight excluding hydrogens is 202 g/mol. The summed E-state index contributed by atoms with van der Waals surface area (Å²) in [5.41, 5.74) is 2.82. The lowest BCUT2D eigenvalue weighted by Crippen LogP contribution is -2.80. The minimum atomic E-state index is 1.07. The molecule has 1 aromatic heterocycles. The molecule has 0 bridgehead atoms. The highest BCUT2D eigenvalue weighted by atomic mass is 32.1. The summed E-state index contributed by atoms with van der Waals surface area (Å²) in [6.07, 6.45) is 0. The van der Waals surface area contributed by atoms with Crippen molar-refractivity contribution in [3.63, 3.8) is 0 Å². The third-order valence-corrected chi connectivity index (χ3v) is 3.57. The summed E-state index contributed by atoms with van der Waals surface area (Å²) in [4.78, 5) is 1.49. The first-order valence-electron chi connectivity index (χ1n) is 5.25. The van der Waals surface area contributed by atoms with Gasteiger partial charge in [0, 0.05) is 5.56 Å². The van der Waals surface area contributed by atoms with E-state index in [4.69, 9.17) is 0 Å². The fourth-order valence-electron chi connectivity index (χ4n) is 1.60. The summed E-state index contributed by atoms with van der Waals surface area (Å²) in [5.74, 6) is 0. The molecule has 0 radical (unpaired) electrons. The average molecular weight is 218 g/mol. The lowest BCUT2D eigenvalue weighted by atomic mass is 10.2. The van der Waals surface area contributed by atoms with E-state index in [2.05, 4.69) is 54.0 Å². The Morgan fingerprint density at radius 1 is 1.07 bits per heavy atom. The molecule has 15 heavy (non-hydrogen) atoms. The lowest BCUT2D eigenvalue weighted by molar-refractivity contribution is -0.685. The van der Waals surface area contributed by atoms with Gasteiger partial charge < -0.3 is 5.32 Å². The largest absolute Gasteiger partial charge is 0.338 e. The van der Waals surface area contributed by atoms with Gasteiger partial charge >= 0.3 is 0 Å². The Kier molecular flexibility index (Phi) is 3.54. The number of hydrogen-bond donors (Lipinski definition) is 1. The van der Waals surface area contributed by atoms with Gasteiger partial charge in [0.15, 0.2) is 0 Å². The van der Waals surface area contributed by atoms with Gasteiger partial charge in [-0.1, -0.05) is 30.3 Å². The Morgan fingerprint density at radius 3 is 2.53 bits per heavy atom. The predicted octanol–water partition coefficient (Wildman–Crippen LogP) is 2.32. The van der Waals surface area contributed by atoms with Crippen LogP contribution in [0.4, 0.5) is 0 Å². The second-order valence-electron chi connectivity index (χ2n) is 3.71. The first-order valence-corrected chi connectivity index (χ1v) is 6.13. The number of thiophene rings is 1. The number of nitrogens with two attached hydrogens (primary N) is 1. The van der Waals surface area contributed by atoms with Crippen LogP contribution in [0.5, 0.6) is 0 Å². The molecule has 0 aliphatic rings.